The number of nitriles is 1. The molecule has 10 heteroatoms. The zero-order valence-corrected chi connectivity index (χ0v) is 17.2. The quantitative estimate of drug-likeness (QED) is 0.385. The fourth-order valence-corrected chi connectivity index (χ4v) is 3.33. The highest BCUT2D eigenvalue weighted by atomic mass is 16.6. The van der Waals surface area contributed by atoms with Gasteiger partial charge in [0.15, 0.2) is 17.6 Å². The topological polar surface area (TPSA) is 141 Å². The average molecular weight is 419 g/mol. The number of amides is 1. The van der Waals surface area contributed by atoms with E-state index in [0.717, 1.165) is 31.4 Å². The van der Waals surface area contributed by atoms with Crippen molar-refractivity contribution < 1.29 is 28.7 Å². The Labute approximate surface area is 174 Å². The van der Waals surface area contributed by atoms with E-state index in [1.807, 2.05) is 0 Å². The second kappa shape index (κ2) is 9.91. The molecule has 0 unspecified atom stereocenters. The van der Waals surface area contributed by atoms with Crippen molar-refractivity contribution in [1.82, 2.24) is 5.32 Å². The molecule has 2 rings (SSSR count). The molecule has 1 fully saturated rings. The fourth-order valence-electron chi connectivity index (χ4n) is 3.33. The van der Waals surface area contributed by atoms with E-state index in [4.69, 9.17) is 14.2 Å². The molecule has 1 aromatic rings. The lowest BCUT2D eigenvalue weighted by Gasteiger charge is -2.32. The van der Waals surface area contributed by atoms with Crippen molar-refractivity contribution in [2.45, 2.75) is 57.6 Å². The molecule has 1 aliphatic carbocycles. The molecule has 0 aromatic heterocycles. The summed E-state index contributed by atoms with van der Waals surface area (Å²) in [6.07, 6.45) is 2.43. The van der Waals surface area contributed by atoms with E-state index in [-0.39, 0.29) is 23.7 Å². The average Bonchev–Trinajstić information content (AvgIpc) is 2.74. The number of ether oxygens (including phenoxy) is 3. The number of rotatable bonds is 8. The molecule has 0 saturated heterocycles. The number of carbonyl (C=O) groups excluding carboxylic acids is 2. The van der Waals surface area contributed by atoms with E-state index >= 15 is 0 Å². The SMILES string of the molecule is CCOc1cc([N+](=O)[O-])c(C(=O)O[C@H](C)C(=O)NC2(C#N)CCCCC2)cc1OC. The van der Waals surface area contributed by atoms with Gasteiger partial charge in [-0.2, -0.15) is 5.26 Å². The van der Waals surface area contributed by atoms with Gasteiger partial charge in [0.25, 0.3) is 11.6 Å². The summed E-state index contributed by atoms with van der Waals surface area (Å²) in [4.78, 5) is 35.8. The predicted octanol–water partition coefficient (Wildman–Crippen LogP) is 2.89. The summed E-state index contributed by atoms with van der Waals surface area (Å²) in [6, 6.07) is 4.38. The molecule has 1 aliphatic rings. The van der Waals surface area contributed by atoms with Crippen LogP contribution in [-0.4, -0.2) is 42.2 Å². The second-order valence-electron chi connectivity index (χ2n) is 7.00. The summed E-state index contributed by atoms with van der Waals surface area (Å²) in [7, 11) is 1.33. The summed E-state index contributed by atoms with van der Waals surface area (Å²) in [5, 5.41) is 23.6. The van der Waals surface area contributed by atoms with Crippen LogP contribution < -0.4 is 14.8 Å². The lowest BCUT2D eigenvalue weighted by Crippen LogP contribution is -2.52. The molecule has 162 valence electrons. The molecule has 0 aliphatic heterocycles. The van der Waals surface area contributed by atoms with Crippen LogP contribution in [0.25, 0.3) is 0 Å². The van der Waals surface area contributed by atoms with Crippen LogP contribution in [0.2, 0.25) is 0 Å². The first-order valence-electron chi connectivity index (χ1n) is 9.70. The van der Waals surface area contributed by atoms with Crippen molar-refractivity contribution in [2.75, 3.05) is 13.7 Å². The minimum atomic E-state index is -1.25. The van der Waals surface area contributed by atoms with Gasteiger partial charge >= 0.3 is 5.97 Å². The fraction of sp³-hybridized carbons (Fsp3) is 0.550. The molecule has 1 aromatic carbocycles. The highest BCUT2D eigenvalue weighted by molar-refractivity contribution is 5.96. The Balaban J connectivity index is 2.20. The number of nitrogens with zero attached hydrogens (tertiary/aromatic N) is 2. The smallest absolute Gasteiger partial charge is 0.346 e. The lowest BCUT2D eigenvalue weighted by molar-refractivity contribution is -0.385. The van der Waals surface area contributed by atoms with Gasteiger partial charge in [0.05, 0.1) is 30.8 Å². The zero-order valence-electron chi connectivity index (χ0n) is 17.2. The van der Waals surface area contributed by atoms with Crippen LogP contribution in [0, 0.1) is 21.4 Å². The summed E-state index contributed by atoms with van der Waals surface area (Å²) < 4.78 is 15.6. The molecular weight excluding hydrogens is 394 g/mol. The number of hydrogen-bond acceptors (Lipinski definition) is 8. The van der Waals surface area contributed by atoms with Gasteiger partial charge < -0.3 is 19.5 Å². The first-order valence-corrected chi connectivity index (χ1v) is 9.70. The molecule has 1 amide bonds. The molecular formula is C20H25N3O7. The Morgan fingerprint density at radius 3 is 2.50 bits per heavy atom. The first-order chi connectivity index (χ1) is 14.3. The molecule has 30 heavy (non-hydrogen) atoms. The zero-order chi connectivity index (χ0) is 22.3. The van der Waals surface area contributed by atoms with Crippen LogP contribution >= 0.6 is 0 Å². The standard InChI is InChI=1S/C20H25N3O7/c1-4-29-17-11-15(23(26)27)14(10-16(17)28-3)19(25)30-13(2)18(24)22-20(12-21)8-6-5-7-9-20/h10-11,13H,4-9H2,1-3H3,(H,22,24)/t13-/m1/s1. The van der Waals surface area contributed by atoms with E-state index in [2.05, 4.69) is 11.4 Å². The van der Waals surface area contributed by atoms with Gasteiger partial charge in [-0.15, -0.1) is 0 Å². The number of carbonyl (C=O) groups is 2. The normalized spacial score (nSPS) is 15.9. The number of nitro groups is 1. The molecule has 0 heterocycles. The molecule has 0 radical (unpaired) electrons. The molecule has 1 atom stereocenters. The molecule has 1 saturated carbocycles. The van der Waals surface area contributed by atoms with Crippen molar-refractivity contribution in [2.24, 2.45) is 0 Å². The minimum Gasteiger partial charge on any atom is -0.493 e. The Morgan fingerprint density at radius 2 is 1.97 bits per heavy atom. The Bertz CT molecular complexity index is 857. The maximum absolute atomic E-state index is 12.6. The predicted molar refractivity (Wildman–Crippen MR) is 105 cm³/mol. The summed E-state index contributed by atoms with van der Waals surface area (Å²) >= 11 is 0. The number of benzene rings is 1. The monoisotopic (exact) mass is 419 g/mol. The number of nitrogens with one attached hydrogen (secondary N) is 1. The van der Waals surface area contributed by atoms with E-state index in [9.17, 15) is 25.0 Å². The van der Waals surface area contributed by atoms with Gasteiger partial charge in [0.1, 0.15) is 11.1 Å². The molecule has 0 bridgehead atoms. The number of nitro benzene ring substituents is 1. The van der Waals surface area contributed by atoms with E-state index < -0.39 is 34.1 Å². The van der Waals surface area contributed by atoms with Crippen LogP contribution in [0.4, 0.5) is 5.69 Å². The van der Waals surface area contributed by atoms with Crippen LogP contribution in [0.5, 0.6) is 11.5 Å². The summed E-state index contributed by atoms with van der Waals surface area (Å²) in [5.41, 5.74) is -1.88. The maximum atomic E-state index is 12.6. The Kier molecular flexibility index (Phi) is 7.58. The van der Waals surface area contributed by atoms with E-state index in [1.54, 1.807) is 6.92 Å². The van der Waals surface area contributed by atoms with Crippen molar-refractivity contribution in [1.29, 1.82) is 5.26 Å². The largest absolute Gasteiger partial charge is 0.493 e. The van der Waals surface area contributed by atoms with Gasteiger partial charge in [0.2, 0.25) is 0 Å². The van der Waals surface area contributed by atoms with Gasteiger partial charge in [-0.3, -0.25) is 14.9 Å². The van der Waals surface area contributed by atoms with Gasteiger partial charge in [-0.25, -0.2) is 4.79 Å². The maximum Gasteiger partial charge on any atom is 0.346 e. The molecule has 0 spiro atoms. The van der Waals surface area contributed by atoms with Crippen molar-refractivity contribution in [3.8, 4) is 17.6 Å². The van der Waals surface area contributed by atoms with Gasteiger partial charge in [-0.1, -0.05) is 19.3 Å². The van der Waals surface area contributed by atoms with E-state index in [1.165, 1.54) is 14.0 Å². The van der Waals surface area contributed by atoms with Gasteiger partial charge in [0, 0.05) is 6.07 Å². The van der Waals surface area contributed by atoms with Crippen LogP contribution in [0.15, 0.2) is 12.1 Å². The minimum absolute atomic E-state index is 0.113. The highest BCUT2D eigenvalue weighted by Gasteiger charge is 2.36. The van der Waals surface area contributed by atoms with E-state index in [0.29, 0.717) is 12.8 Å². The van der Waals surface area contributed by atoms with Crippen LogP contribution in [0.3, 0.4) is 0 Å². The second-order valence-corrected chi connectivity index (χ2v) is 7.00. The summed E-state index contributed by atoms with van der Waals surface area (Å²) in [5.74, 6) is -1.45. The molecule has 1 N–H and O–H groups in total. The molecule has 10 nitrogen and oxygen atoms in total. The van der Waals surface area contributed by atoms with Crippen molar-refractivity contribution in [3.05, 3.63) is 27.8 Å². The highest BCUT2D eigenvalue weighted by Crippen LogP contribution is 2.35. The van der Waals surface area contributed by atoms with Crippen molar-refractivity contribution >= 4 is 17.6 Å². The number of esters is 1. The van der Waals surface area contributed by atoms with Gasteiger partial charge in [-0.05, 0) is 26.7 Å². The number of hydrogen-bond donors (Lipinski definition) is 1. The Morgan fingerprint density at radius 1 is 1.30 bits per heavy atom. The third kappa shape index (κ3) is 5.17. The Hall–Kier alpha value is -3.35. The third-order valence-electron chi connectivity index (χ3n) is 4.94. The van der Waals surface area contributed by atoms with Crippen molar-refractivity contribution in [3.63, 3.8) is 0 Å². The first kappa shape index (κ1) is 22.9. The lowest BCUT2D eigenvalue weighted by atomic mass is 9.83. The third-order valence-corrected chi connectivity index (χ3v) is 4.94. The van der Waals surface area contributed by atoms with Crippen LogP contribution in [0.1, 0.15) is 56.3 Å². The van der Waals surface area contributed by atoms with Crippen LogP contribution in [-0.2, 0) is 9.53 Å². The number of methoxy groups -OCH3 is 1. The summed E-state index contributed by atoms with van der Waals surface area (Å²) in [6.45, 7) is 3.29.